The van der Waals surface area contributed by atoms with Crippen LogP contribution in [0.25, 0.3) is 4.96 Å². The van der Waals surface area contributed by atoms with Crippen LogP contribution >= 0.6 is 11.3 Å². The van der Waals surface area contributed by atoms with Gasteiger partial charge in [0.1, 0.15) is 5.01 Å². The number of rotatable bonds is 5. The smallest absolute Gasteiger partial charge is 0.234 e. The largest absolute Gasteiger partial charge is 0.314 e. The van der Waals surface area contributed by atoms with Crippen molar-refractivity contribution in [1.82, 2.24) is 25.1 Å². The molecular formula is C11H17N5S. The predicted molar refractivity (Wildman–Crippen MR) is 67.5 cm³/mol. The number of nitrogens with zero attached hydrogens (tertiary/aromatic N) is 4. The van der Waals surface area contributed by atoms with Crippen LogP contribution in [0.3, 0.4) is 0 Å². The summed E-state index contributed by atoms with van der Waals surface area (Å²) in [5.74, 6) is 1.43. The highest BCUT2D eigenvalue weighted by Crippen LogP contribution is 2.21. The molecule has 0 radical (unpaired) electrons. The lowest BCUT2D eigenvalue weighted by Crippen LogP contribution is -2.20. The molecule has 0 aliphatic heterocycles. The fourth-order valence-electron chi connectivity index (χ4n) is 1.74. The van der Waals surface area contributed by atoms with E-state index < -0.39 is 0 Å². The summed E-state index contributed by atoms with van der Waals surface area (Å²) in [6.45, 7) is 5.28. The Kier molecular flexibility index (Phi) is 2.84. The van der Waals surface area contributed by atoms with E-state index in [1.165, 1.54) is 12.8 Å². The summed E-state index contributed by atoms with van der Waals surface area (Å²) < 4.78 is 1.90. The van der Waals surface area contributed by atoms with E-state index in [2.05, 4.69) is 34.5 Å². The summed E-state index contributed by atoms with van der Waals surface area (Å²) in [6.07, 6.45) is 3.55. The molecule has 92 valence electrons. The Morgan fingerprint density at radius 2 is 2.24 bits per heavy atom. The topological polar surface area (TPSA) is 55.1 Å². The first-order valence-electron chi connectivity index (χ1n) is 6.18. The maximum absolute atomic E-state index is 4.57. The first-order valence-corrected chi connectivity index (χ1v) is 7.00. The van der Waals surface area contributed by atoms with E-state index >= 15 is 0 Å². The fourth-order valence-corrected chi connectivity index (χ4v) is 2.60. The molecule has 0 aromatic carbocycles. The van der Waals surface area contributed by atoms with Crippen LogP contribution in [0.15, 0.2) is 0 Å². The Hall–Kier alpha value is -1.01. The molecule has 2 heterocycles. The minimum absolute atomic E-state index is 0.458. The maximum atomic E-state index is 4.57. The quantitative estimate of drug-likeness (QED) is 0.877. The molecule has 1 N–H and O–H groups in total. The van der Waals surface area contributed by atoms with Crippen molar-refractivity contribution < 1.29 is 0 Å². The predicted octanol–water partition coefficient (Wildman–Crippen LogP) is 1.60. The Morgan fingerprint density at radius 3 is 2.94 bits per heavy atom. The molecule has 0 unspecified atom stereocenters. The zero-order valence-corrected chi connectivity index (χ0v) is 11.0. The van der Waals surface area contributed by atoms with Crippen LogP contribution in [-0.2, 0) is 6.42 Å². The average Bonchev–Trinajstić information content (AvgIpc) is 2.88. The van der Waals surface area contributed by atoms with Gasteiger partial charge in [0.15, 0.2) is 5.82 Å². The second-order valence-corrected chi connectivity index (χ2v) is 5.87. The molecular weight excluding hydrogens is 234 g/mol. The summed E-state index contributed by atoms with van der Waals surface area (Å²) in [5.41, 5.74) is 0. The number of hydrogen-bond acceptors (Lipinski definition) is 5. The Labute approximate surface area is 104 Å². The standard InChI is InChI=1S/C11H17N5S/c1-7(2)10-15-16-9(13-14-11(16)17-10)5-6-12-8-3-4-8/h7-8,12H,3-6H2,1-2H3. The molecule has 6 heteroatoms. The van der Waals surface area contributed by atoms with Gasteiger partial charge in [-0.2, -0.15) is 9.61 Å². The summed E-state index contributed by atoms with van der Waals surface area (Å²) in [7, 11) is 0. The van der Waals surface area contributed by atoms with E-state index in [1.54, 1.807) is 11.3 Å². The molecule has 1 fully saturated rings. The van der Waals surface area contributed by atoms with Crippen molar-refractivity contribution in [2.75, 3.05) is 6.54 Å². The van der Waals surface area contributed by atoms with Crippen molar-refractivity contribution >= 4 is 16.3 Å². The molecule has 0 atom stereocenters. The minimum Gasteiger partial charge on any atom is -0.314 e. The summed E-state index contributed by atoms with van der Waals surface area (Å²) in [5, 5.41) is 17.6. The second-order valence-electron chi connectivity index (χ2n) is 4.88. The van der Waals surface area contributed by atoms with Crippen molar-refractivity contribution in [3.8, 4) is 0 Å². The fraction of sp³-hybridized carbons (Fsp3) is 0.727. The number of hydrogen-bond donors (Lipinski definition) is 1. The molecule has 1 aliphatic rings. The van der Waals surface area contributed by atoms with E-state index in [0.717, 1.165) is 34.8 Å². The highest BCUT2D eigenvalue weighted by Gasteiger charge is 2.20. The van der Waals surface area contributed by atoms with Gasteiger partial charge in [-0.25, -0.2) is 0 Å². The molecule has 2 aromatic heterocycles. The number of aromatic nitrogens is 4. The lowest BCUT2D eigenvalue weighted by molar-refractivity contribution is 0.652. The van der Waals surface area contributed by atoms with Gasteiger partial charge < -0.3 is 5.32 Å². The first kappa shape index (κ1) is 11.1. The Bertz CT molecular complexity index is 511. The number of fused-ring (bicyclic) bond motifs is 1. The van der Waals surface area contributed by atoms with Crippen LogP contribution in [0.4, 0.5) is 0 Å². The molecule has 3 rings (SSSR count). The van der Waals surface area contributed by atoms with Crippen LogP contribution in [-0.4, -0.2) is 32.4 Å². The van der Waals surface area contributed by atoms with Crippen molar-refractivity contribution in [2.45, 2.75) is 45.1 Å². The van der Waals surface area contributed by atoms with E-state index in [9.17, 15) is 0 Å². The zero-order valence-electron chi connectivity index (χ0n) is 10.2. The van der Waals surface area contributed by atoms with Crippen LogP contribution in [0.1, 0.15) is 43.4 Å². The van der Waals surface area contributed by atoms with Gasteiger partial charge in [-0.3, -0.25) is 0 Å². The van der Waals surface area contributed by atoms with Crippen LogP contribution in [0, 0.1) is 0 Å². The molecule has 0 bridgehead atoms. The summed E-state index contributed by atoms with van der Waals surface area (Å²) in [6, 6.07) is 0.750. The molecule has 0 amide bonds. The first-order chi connectivity index (χ1) is 8.24. The maximum Gasteiger partial charge on any atom is 0.234 e. The molecule has 1 saturated carbocycles. The van der Waals surface area contributed by atoms with E-state index in [4.69, 9.17) is 0 Å². The second kappa shape index (κ2) is 4.34. The zero-order chi connectivity index (χ0) is 11.8. The SMILES string of the molecule is CC(C)c1nn2c(CCNC3CC3)nnc2s1. The summed E-state index contributed by atoms with van der Waals surface area (Å²) in [4.78, 5) is 0.912. The van der Waals surface area contributed by atoms with Crippen molar-refractivity contribution in [3.63, 3.8) is 0 Å². The monoisotopic (exact) mass is 251 g/mol. The third-order valence-corrected chi connectivity index (χ3v) is 4.12. The molecule has 5 nitrogen and oxygen atoms in total. The van der Waals surface area contributed by atoms with Gasteiger partial charge in [0.05, 0.1) is 0 Å². The Balaban J connectivity index is 1.73. The van der Waals surface area contributed by atoms with E-state index in [1.807, 2.05) is 4.52 Å². The van der Waals surface area contributed by atoms with E-state index in [-0.39, 0.29) is 0 Å². The molecule has 2 aromatic rings. The van der Waals surface area contributed by atoms with Gasteiger partial charge in [0, 0.05) is 24.9 Å². The van der Waals surface area contributed by atoms with Gasteiger partial charge in [0.2, 0.25) is 4.96 Å². The van der Waals surface area contributed by atoms with E-state index in [0.29, 0.717) is 5.92 Å². The van der Waals surface area contributed by atoms with Gasteiger partial charge in [-0.15, -0.1) is 10.2 Å². The average molecular weight is 251 g/mol. The van der Waals surface area contributed by atoms with Crippen LogP contribution < -0.4 is 5.32 Å². The summed E-state index contributed by atoms with van der Waals surface area (Å²) >= 11 is 1.64. The van der Waals surface area contributed by atoms with Crippen LogP contribution in [0.5, 0.6) is 0 Å². The van der Waals surface area contributed by atoms with Gasteiger partial charge in [0.25, 0.3) is 0 Å². The molecule has 17 heavy (non-hydrogen) atoms. The molecule has 0 saturated heterocycles. The lowest BCUT2D eigenvalue weighted by Gasteiger charge is -1.99. The minimum atomic E-state index is 0.458. The molecule has 0 spiro atoms. The lowest BCUT2D eigenvalue weighted by atomic mass is 10.2. The van der Waals surface area contributed by atoms with Gasteiger partial charge in [-0.1, -0.05) is 25.2 Å². The van der Waals surface area contributed by atoms with Gasteiger partial charge in [-0.05, 0) is 12.8 Å². The van der Waals surface area contributed by atoms with Gasteiger partial charge >= 0.3 is 0 Å². The van der Waals surface area contributed by atoms with Crippen LogP contribution in [0.2, 0.25) is 0 Å². The normalized spacial score (nSPS) is 16.2. The highest BCUT2D eigenvalue weighted by molar-refractivity contribution is 7.16. The highest BCUT2D eigenvalue weighted by atomic mass is 32.1. The third kappa shape index (κ3) is 2.32. The third-order valence-electron chi connectivity index (χ3n) is 2.92. The number of nitrogens with one attached hydrogen (secondary N) is 1. The van der Waals surface area contributed by atoms with Crippen molar-refractivity contribution in [1.29, 1.82) is 0 Å². The molecule has 1 aliphatic carbocycles. The van der Waals surface area contributed by atoms with Crippen molar-refractivity contribution in [3.05, 3.63) is 10.8 Å². The van der Waals surface area contributed by atoms with Crippen molar-refractivity contribution in [2.24, 2.45) is 0 Å². The Morgan fingerprint density at radius 1 is 1.41 bits per heavy atom.